The topological polar surface area (TPSA) is 116 Å². The number of benzene rings is 3. The monoisotopic (exact) mass is 591 g/mol. The molecule has 1 heterocycles. The summed E-state index contributed by atoms with van der Waals surface area (Å²) in [6, 6.07) is 19.3. The van der Waals surface area contributed by atoms with Crippen LogP contribution in [0.1, 0.15) is 29.3 Å². The van der Waals surface area contributed by atoms with Crippen molar-refractivity contribution in [1.82, 2.24) is 4.90 Å². The second kappa shape index (κ2) is 14.4. The van der Waals surface area contributed by atoms with Gasteiger partial charge in [0.15, 0.2) is 16.7 Å². The number of hydrogen-bond acceptors (Lipinski definition) is 9. The van der Waals surface area contributed by atoms with Crippen LogP contribution in [-0.4, -0.2) is 67.6 Å². The van der Waals surface area contributed by atoms with Gasteiger partial charge in [-0.3, -0.25) is 14.5 Å². The Balaban J connectivity index is 1.48. The quantitative estimate of drug-likeness (QED) is 0.290. The molecule has 0 aromatic heterocycles. The molecule has 1 atom stereocenters. The molecule has 1 fully saturated rings. The van der Waals surface area contributed by atoms with Gasteiger partial charge in [-0.15, -0.1) is 0 Å². The normalized spacial score (nSPS) is 15.4. The van der Waals surface area contributed by atoms with Crippen molar-refractivity contribution in [1.29, 1.82) is 0 Å². The Kier molecular flexibility index (Phi) is 10.4. The number of carbonyl (C=O) groups is 3. The summed E-state index contributed by atoms with van der Waals surface area (Å²) < 4.78 is 21.0. The lowest BCUT2D eigenvalue weighted by atomic mass is 10.1. The van der Waals surface area contributed by atoms with Crippen LogP contribution in [0.4, 0.5) is 11.4 Å². The Labute approximate surface area is 249 Å². The van der Waals surface area contributed by atoms with Gasteiger partial charge in [-0.25, -0.2) is 9.79 Å². The van der Waals surface area contributed by atoms with E-state index >= 15 is 0 Å². The summed E-state index contributed by atoms with van der Waals surface area (Å²) in [5.74, 6) is 0.978. The highest BCUT2D eigenvalue weighted by atomic mass is 32.2. The van der Waals surface area contributed by atoms with Crippen LogP contribution in [0.2, 0.25) is 0 Å². The van der Waals surface area contributed by atoms with Crippen molar-refractivity contribution < 1.29 is 33.3 Å². The number of ether oxygens (including phenoxy) is 4. The number of aliphatic imine (C=N–C) groups is 1. The molecule has 1 aliphatic rings. The molecule has 0 bridgehead atoms. The SMILES string of the molecule is CCOC(=O)c1ccc(NC(=O)CC2SC(=Nc3ccc(OC)cc3)N(CCc3ccc(OC)c(OC)c3)C2=O)cc1. The largest absolute Gasteiger partial charge is 0.497 e. The summed E-state index contributed by atoms with van der Waals surface area (Å²) in [7, 11) is 4.74. The van der Waals surface area contributed by atoms with Crippen molar-refractivity contribution in [3.8, 4) is 17.2 Å². The molecule has 4 rings (SSSR count). The maximum absolute atomic E-state index is 13.5. The zero-order chi connectivity index (χ0) is 30.1. The van der Waals surface area contributed by atoms with Crippen LogP contribution in [-0.2, 0) is 20.7 Å². The molecule has 3 aromatic carbocycles. The third kappa shape index (κ3) is 7.61. The zero-order valence-corrected chi connectivity index (χ0v) is 24.7. The predicted molar refractivity (Wildman–Crippen MR) is 162 cm³/mol. The molecule has 0 radical (unpaired) electrons. The van der Waals surface area contributed by atoms with Gasteiger partial charge in [-0.05, 0) is 79.6 Å². The molecule has 1 aliphatic heterocycles. The van der Waals surface area contributed by atoms with Crippen LogP contribution in [0, 0.1) is 0 Å². The van der Waals surface area contributed by atoms with Crippen molar-refractivity contribution >= 4 is 46.1 Å². The van der Waals surface area contributed by atoms with Crippen LogP contribution in [0.15, 0.2) is 71.7 Å². The number of rotatable bonds is 12. The molecule has 42 heavy (non-hydrogen) atoms. The first-order valence-electron chi connectivity index (χ1n) is 13.3. The number of amides is 2. The molecule has 10 nitrogen and oxygen atoms in total. The summed E-state index contributed by atoms with van der Waals surface area (Å²) in [5, 5.41) is 2.68. The lowest BCUT2D eigenvalue weighted by molar-refractivity contribution is -0.128. The van der Waals surface area contributed by atoms with Gasteiger partial charge in [0.25, 0.3) is 0 Å². The zero-order valence-electron chi connectivity index (χ0n) is 23.9. The van der Waals surface area contributed by atoms with Gasteiger partial charge < -0.3 is 24.3 Å². The highest BCUT2D eigenvalue weighted by Crippen LogP contribution is 2.33. The van der Waals surface area contributed by atoms with E-state index in [2.05, 4.69) is 5.32 Å². The fourth-order valence-corrected chi connectivity index (χ4v) is 5.44. The van der Waals surface area contributed by atoms with Gasteiger partial charge in [0.2, 0.25) is 11.8 Å². The molecular weight excluding hydrogens is 558 g/mol. The van der Waals surface area contributed by atoms with E-state index in [-0.39, 0.29) is 24.8 Å². The smallest absolute Gasteiger partial charge is 0.338 e. The molecule has 0 spiro atoms. The van der Waals surface area contributed by atoms with E-state index in [1.807, 2.05) is 30.3 Å². The molecule has 1 unspecified atom stereocenters. The lowest BCUT2D eigenvalue weighted by Gasteiger charge is -2.17. The van der Waals surface area contributed by atoms with Gasteiger partial charge in [0, 0.05) is 18.7 Å². The maximum atomic E-state index is 13.5. The van der Waals surface area contributed by atoms with E-state index in [1.54, 1.807) is 69.6 Å². The third-order valence-electron chi connectivity index (χ3n) is 6.44. The van der Waals surface area contributed by atoms with E-state index < -0.39 is 11.2 Å². The number of amidine groups is 1. The average Bonchev–Trinajstić information content (AvgIpc) is 3.29. The van der Waals surface area contributed by atoms with Crippen molar-refractivity contribution in [3.05, 3.63) is 77.9 Å². The number of anilines is 1. The van der Waals surface area contributed by atoms with Crippen LogP contribution < -0.4 is 19.5 Å². The van der Waals surface area contributed by atoms with E-state index in [1.165, 1.54) is 11.8 Å². The molecule has 1 N–H and O–H groups in total. The number of nitrogens with zero attached hydrogens (tertiary/aromatic N) is 2. The second-order valence-corrected chi connectivity index (χ2v) is 10.3. The molecular formula is C31H33N3O7S. The van der Waals surface area contributed by atoms with Gasteiger partial charge in [0.05, 0.1) is 39.2 Å². The Bertz CT molecular complexity index is 1440. The summed E-state index contributed by atoms with van der Waals surface area (Å²) >= 11 is 1.26. The Morgan fingerprint density at radius 2 is 1.64 bits per heavy atom. The van der Waals surface area contributed by atoms with Crippen LogP contribution >= 0.6 is 11.8 Å². The fraction of sp³-hybridized carbons (Fsp3) is 0.290. The van der Waals surface area contributed by atoms with E-state index in [9.17, 15) is 14.4 Å². The molecule has 0 saturated carbocycles. The van der Waals surface area contributed by atoms with Crippen LogP contribution in [0.3, 0.4) is 0 Å². The van der Waals surface area contributed by atoms with Gasteiger partial charge >= 0.3 is 5.97 Å². The summed E-state index contributed by atoms with van der Waals surface area (Å²) in [6.45, 7) is 2.38. The number of nitrogens with one attached hydrogen (secondary N) is 1. The minimum atomic E-state index is -0.647. The minimum absolute atomic E-state index is 0.0440. The number of carbonyl (C=O) groups excluding carboxylic acids is 3. The number of methoxy groups -OCH3 is 3. The van der Waals surface area contributed by atoms with E-state index in [0.29, 0.717) is 52.3 Å². The first-order chi connectivity index (χ1) is 20.3. The summed E-state index contributed by atoms with van der Waals surface area (Å²) in [4.78, 5) is 44.7. The second-order valence-electron chi connectivity index (χ2n) is 9.18. The molecule has 2 amide bonds. The van der Waals surface area contributed by atoms with Gasteiger partial charge in [-0.1, -0.05) is 17.8 Å². The third-order valence-corrected chi connectivity index (χ3v) is 7.62. The van der Waals surface area contributed by atoms with Crippen molar-refractivity contribution in [2.24, 2.45) is 4.99 Å². The summed E-state index contributed by atoms with van der Waals surface area (Å²) in [5.41, 5.74) is 2.53. The van der Waals surface area contributed by atoms with Crippen LogP contribution in [0.25, 0.3) is 0 Å². The highest BCUT2D eigenvalue weighted by molar-refractivity contribution is 8.15. The van der Waals surface area contributed by atoms with Crippen LogP contribution in [0.5, 0.6) is 17.2 Å². The average molecular weight is 592 g/mol. The molecule has 0 aliphatic carbocycles. The molecule has 1 saturated heterocycles. The lowest BCUT2D eigenvalue weighted by Crippen LogP contribution is -2.35. The van der Waals surface area contributed by atoms with Crippen molar-refractivity contribution in [3.63, 3.8) is 0 Å². The van der Waals surface area contributed by atoms with E-state index in [0.717, 1.165) is 5.56 Å². The first-order valence-corrected chi connectivity index (χ1v) is 14.2. The highest BCUT2D eigenvalue weighted by Gasteiger charge is 2.39. The van der Waals surface area contributed by atoms with Gasteiger partial charge in [0.1, 0.15) is 11.0 Å². The number of hydrogen-bond donors (Lipinski definition) is 1. The Morgan fingerprint density at radius 1 is 0.929 bits per heavy atom. The van der Waals surface area contributed by atoms with Gasteiger partial charge in [-0.2, -0.15) is 0 Å². The molecule has 3 aromatic rings. The number of thioether (sulfide) groups is 1. The summed E-state index contributed by atoms with van der Waals surface area (Å²) in [6.07, 6.45) is 0.498. The van der Waals surface area contributed by atoms with Crippen molar-refractivity contribution in [2.45, 2.75) is 25.0 Å². The minimum Gasteiger partial charge on any atom is -0.497 e. The molecule has 11 heteroatoms. The van der Waals surface area contributed by atoms with E-state index in [4.69, 9.17) is 23.9 Å². The van der Waals surface area contributed by atoms with Crippen molar-refractivity contribution in [2.75, 3.05) is 39.8 Å². The Hall–Kier alpha value is -4.51. The predicted octanol–water partition coefficient (Wildman–Crippen LogP) is 5.09. The fourth-order valence-electron chi connectivity index (χ4n) is 4.26. The standard InChI is InChI=1S/C31H33N3O7S/c1-5-41-30(37)21-7-9-22(10-8-21)32-28(35)19-27-29(36)34(17-16-20-6-15-25(39-3)26(18-20)40-4)31(42-27)33-23-11-13-24(38-2)14-12-23/h6-15,18,27H,5,16-17,19H2,1-4H3,(H,32,35). The Morgan fingerprint density at radius 3 is 2.29 bits per heavy atom. The maximum Gasteiger partial charge on any atom is 0.338 e. The molecule has 220 valence electrons. The first kappa shape index (κ1) is 30.4. The number of esters is 1.